The van der Waals surface area contributed by atoms with E-state index in [0.717, 1.165) is 5.75 Å². The molecule has 1 saturated heterocycles. The standard InChI is InChI=1S/C9H18O5S.3Ac/c1-3-15-9-7(12)8(13-2)6(11)5(4-10)14-9;;;/h5-12H,3-4H2,1-2H3;;;/t5?,6-,7?,8+,9-;;;/m0.../s1. The van der Waals surface area contributed by atoms with E-state index in [1.807, 2.05) is 6.92 Å². The molecule has 0 spiro atoms. The number of hydrogen-bond donors (Lipinski definition) is 3. The molecule has 3 N–H and O–H groups in total. The van der Waals surface area contributed by atoms with Gasteiger partial charge < -0.3 is 24.8 Å². The second-order valence-corrected chi connectivity index (χ2v) is 4.74. The maximum atomic E-state index is 9.83. The fourth-order valence-corrected chi connectivity index (χ4v) is 2.54. The van der Waals surface area contributed by atoms with Crippen LogP contribution in [0.15, 0.2) is 0 Å². The Morgan fingerprint density at radius 1 is 1.17 bits per heavy atom. The van der Waals surface area contributed by atoms with Crippen LogP contribution in [-0.2, 0) is 9.47 Å². The van der Waals surface area contributed by atoms with E-state index in [0.29, 0.717) is 0 Å². The van der Waals surface area contributed by atoms with Gasteiger partial charge >= 0.3 is 0 Å². The van der Waals surface area contributed by atoms with Gasteiger partial charge in [0.1, 0.15) is 29.9 Å². The molecule has 0 aromatic rings. The normalized spacial score (nSPS) is 34.8. The van der Waals surface area contributed by atoms with Gasteiger partial charge in [-0.05, 0) is 5.75 Å². The van der Waals surface area contributed by atoms with E-state index in [4.69, 9.17) is 14.6 Å². The largest absolute Gasteiger partial charge is 0.394 e. The van der Waals surface area contributed by atoms with Crippen LogP contribution in [-0.4, -0.2) is 64.6 Å². The van der Waals surface area contributed by atoms with Crippen LogP contribution in [0, 0.1) is 132 Å². The van der Waals surface area contributed by atoms with Crippen molar-refractivity contribution in [3.8, 4) is 0 Å². The van der Waals surface area contributed by atoms with Gasteiger partial charge in [0.2, 0.25) is 0 Å². The molecule has 1 fully saturated rings. The van der Waals surface area contributed by atoms with Gasteiger partial charge in [-0.25, -0.2) is 0 Å². The van der Waals surface area contributed by atoms with Gasteiger partial charge in [0, 0.05) is 139 Å². The van der Waals surface area contributed by atoms with E-state index >= 15 is 0 Å². The number of ether oxygens (including phenoxy) is 2. The Bertz CT molecular complexity index is 203. The van der Waals surface area contributed by atoms with Crippen molar-refractivity contribution in [3.05, 3.63) is 0 Å². The number of methoxy groups -OCH3 is 1. The first-order chi connectivity index (χ1) is 7.15. The van der Waals surface area contributed by atoms with Crippen LogP contribution in [0.3, 0.4) is 0 Å². The Balaban J connectivity index is -0.000000750. The Labute approximate surface area is 220 Å². The van der Waals surface area contributed by atoms with Crippen LogP contribution in [0.2, 0.25) is 0 Å². The molecule has 2 unspecified atom stereocenters. The van der Waals surface area contributed by atoms with E-state index in [-0.39, 0.29) is 139 Å². The first-order valence-corrected chi connectivity index (χ1v) is 5.97. The Morgan fingerprint density at radius 2 is 1.72 bits per heavy atom. The summed E-state index contributed by atoms with van der Waals surface area (Å²) in [5, 5.41) is 28.6. The van der Waals surface area contributed by atoms with Gasteiger partial charge in [0.25, 0.3) is 0 Å². The van der Waals surface area contributed by atoms with Crippen molar-refractivity contribution in [1.82, 2.24) is 0 Å². The number of aliphatic hydroxyl groups excluding tert-OH is 3. The molecule has 9 heteroatoms. The number of rotatable bonds is 4. The molecule has 1 heterocycles. The van der Waals surface area contributed by atoms with Gasteiger partial charge in [-0.3, -0.25) is 0 Å². The van der Waals surface area contributed by atoms with E-state index in [9.17, 15) is 10.2 Å². The predicted molar refractivity (Wildman–Crippen MR) is 56.7 cm³/mol. The first kappa shape index (κ1) is 27.3. The third-order valence-corrected chi connectivity index (χ3v) is 3.48. The quantitative estimate of drug-likeness (QED) is 0.343. The third kappa shape index (κ3) is 7.84. The minimum Gasteiger partial charge on any atom is -0.394 e. The summed E-state index contributed by atoms with van der Waals surface area (Å²) >= 11 is 1.43. The smallest absolute Gasteiger partial charge is 0.132 e. The number of thioether (sulfide) groups is 1. The van der Waals surface area contributed by atoms with Crippen LogP contribution >= 0.6 is 11.8 Å². The maximum Gasteiger partial charge on any atom is 0.132 e. The molecule has 99 valence electrons. The minimum absolute atomic E-state index is 0. The molecule has 18 heavy (non-hydrogen) atoms. The SMILES string of the molecule is CCS[C@@H]1OC(CO)[C@H](O)[C@@H](OC)C1O.[Ac].[Ac].[Ac]. The molecule has 1 rings (SSSR count). The topological polar surface area (TPSA) is 79.2 Å². The van der Waals surface area contributed by atoms with Crippen molar-refractivity contribution < 1.29 is 157 Å². The molecule has 0 aromatic carbocycles. The van der Waals surface area contributed by atoms with Crippen molar-refractivity contribution in [3.63, 3.8) is 0 Å². The van der Waals surface area contributed by atoms with Crippen LogP contribution in [0.1, 0.15) is 6.92 Å². The Hall–Kier alpha value is 4.47. The summed E-state index contributed by atoms with van der Waals surface area (Å²) in [5.41, 5.74) is -0.458. The van der Waals surface area contributed by atoms with Crippen LogP contribution in [0.4, 0.5) is 0 Å². The molecule has 0 aromatic heterocycles. The summed E-state index contributed by atoms with van der Waals surface area (Å²) < 4.78 is 10.4. The summed E-state index contributed by atoms with van der Waals surface area (Å²) in [7, 11) is 1.42. The number of aliphatic hydroxyl groups is 3. The van der Waals surface area contributed by atoms with E-state index in [1.165, 1.54) is 18.9 Å². The fourth-order valence-electron chi connectivity index (χ4n) is 1.63. The first-order valence-electron chi connectivity index (χ1n) is 4.92. The molecule has 0 aliphatic carbocycles. The molecule has 0 amide bonds. The summed E-state index contributed by atoms with van der Waals surface area (Å²) in [6.07, 6.45) is -3.27. The molecule has 5 atom stereocenters. The fraction of sp³-hybridized carbons (Fsp3) is 1.00. The average molecular weight is 919 g/mol. The molecule has 1 aliphatic rings. The zero-order valence-electron chi connectivity index (χ0n) is 10.6. The molecule has 5 nitrogen and oxygen atoms in total. The van der Waals surface area contributed by atoms with E-state index in [2.05, 4.69) is 0 Å². The second-order valence-electron chi connectivity index (χ2n) is 3.36. The van der Waals surface area contributed by atoms with Crippen molar-refractivity contribution >= 4 is 11.8 Å². The maximum absolute atomic E-state index is 9.83. The monoisotopic (exact) mass is 919 g/mol. The van der Waals surface area contributed by atoms with E-state index < -0.39 is 29.9 Å². The van der Waals surface area contributed by atoms with Gasteiger partial charge in [-0.1, -0.05) is 6.92 Å². The molecule has 3 radical (unpaired) electrons. The van der Waals surface area contributed by atoms with Gasteiger partial charge in [0.15, 0.2) is 0 Å². The van der Waals surface area contributed by atoms with Crippen LogP contribution < -0.4 is 0 Å². The number of hydrogen-bond acceptors (Lipinski definition) is 6. The second kappa shape index (κ2) is 15.0. The van der Waals surface area contributed by atoms with Crippen molar-refractivity contribution in [2.75, 3.05) is 19.5 Å². The average Bonchev–Trinajstić information content (AvgIpc) is 2.23. The summed E-state index contributed by atoms with van der Waals surface area (Å²) in [6, 6.07) is 0. The summed E-state index contributed by atoms with van der Waals surface area (Å²) in [6.45, 7) is 1.66. The molecular weight excluding hydrogens is 901 g/mol. The molecular formula is C9H18Ac3O5S. The molecule has 1 aliphatic heterocycles. The molecule has 0 bridgehead atoms. The zero-order chi connectivity index (χ0) is 11.4. The van der Waals surface area contributed by atoms with Crippen molar-refractivity contribution in [1.29, 1.82) is 0 Å². The Morgan fingerprint density at radius 3 is 2.11 bits per heavy atom. The van der Waals surface area contributed by atoms with Crippen LogP contribution in [0.5, 0.6) is 0 Å². The van der Waals surface area contributed by atoms with Gasteiger partial charge in [0.05, 0.1) is 6.61 Å². The summed E-state index contributed by atoms with van der Waals surface area (Å²) in [4.78, 5) is 0. The predicted octanol–water partition coefficient (Wildman–Crippen LogP) is -0.807. The zero-order valence-corrected chi connectivity index (χ0v) is 25.7. The van der Waals surface area contributed by atoms with E-state index in [1.54, 1.807) is 0 Å². The molecule has 0 saturated carbocycles. The Kier molecular flexibility index (Phi) is 22.8. The van der Waals surface area contributed by atoms with Gasteiger partial charge in [-0.15, -0.1) is 11.8 Å². The van der Waals surface area contributed by atoms with Crippen molar-refractivity contribution in [2.45, 2.75) is 36.8 Å². The van der Waals surface area contributed by atoms with Gasteiger partial charge in [-0.2, -0.15) is 0 Å². The van der Waals surface area contributed by atoms with Crippen molar-refractivity contribution in [2.24, 2.45) is 0 Å². The third-order valence-electron chi connectivity index (χ3n) is 2.42. The van der Waals surface area contributed by atoms with Crippen LogP contribution in [0.25, 0.3) is 0 Å². The minimum atomic E-state index is -0.997. The summed E-state index contributed by atoms with van der Waals surface area (Å²) in [5.74, 6) is 0.784.